The van der Waals surface area contributed by atoms with Crippen LogP contribution in [0.5, 0.6) is 0 Å². The fourth-order valence-electron chi connectivity index (χ4n) is 3.41. The van der Waals surface area contributed by atoms with Gasteiger partial charge in [-0.15, -0.1) is 0 Å². The van der Waals surface area contributed by atoms with E-state index in [1.165, 1.54) is 5.56 Å². The van der Waals surface area contributed by atoms with Gasteiger partial charge in [-0.3, -0.25) is 9.59 Å². The predicted molar refractivity (Wildman–Crippen MR) is 116 cm³/mol. The van der Waals surface area contributed by atoms with Crippen LogP contribution >= 0.6 is 0 Å². The first-order valence-electron chi connectivity index (χ1n) is 10.2. The van der Waals surface area contributed by atoms with Crippen LogP contribution in [-0.4, -0.2) is 32.6 Å². The summed E-state index contributed by atoms with van der Waals surface area (Å²) < 4.78 is 7.12. The first-order chi connectivity index (χ1) is 14.3. The maximum absolute atomic E-state index is 12.3. The minimum absolute atomic E-state index is 0.165. The van der Waals surface area contributed by atoms with E-state index in [0.717, 1.165) is 34.7 Å². The van der Waals surface area contributed by atoms with E-state index < -0.39 is 12.1 Å². The Bertz CT molecular complexity index is 1070. The highest BCUT2D eigenvalue weighted by atomic mass is 16.5. The summed E-state index contributed by atoms with van der Waals surface area (Å²) in [6.45, 7) is 9.46. The Hall–Kier alpha value is -3.22. The molecule has 0 bridgehead atoms. The average Bonchev–Trinajstić information content (AvgIpc) is 3.08. The molecular weight excluding hydrogens is 380 g/mol. The first kappa shape index (κ1) is 21.5. The summed E-state index contributed by atoms with van der Waals surface area (Å²) in [6, 6.07) is 9.54. The van der Waals surface area contributed by atoms with E-state index in [1.807, 2.05) is 51.1 Å². The van der Waals surface area contributed by atoms with E-state index in [9.17, 15) is 9.59 Å². The van der Waals surface area contributed by atoms with Gasteiger partial charge in [-0.05, 0) is 63.8 Å². The molecule has 1 amide bonds. The lowest BCUT2D eigenvalue weighted by Crippen LogP contribution is -2.30. The molecule has 158 valence electrons. The van der Waals surface area contributed by atoms with Crippen LogP contribution < -0.4 is 5.32 Å². The van der Waals surface area contributed by atoms with Gasteiger partial charge in [0.15, 0.2) is 11.8 Å². The van der Waals surface area contributed by atoms with Crippen molar-refractivity contribution in [2.45, 2.75) is 60.0 Å². The van der Waals surface area contributed by atoms with Gasteiger partial charge in [-0.25, -0.2) is 9.50 Å². The molecule has 0 radical (unpaired) electrons. The SMILES string of the molecule is CCc1ccc(NC(=O)[C@@H](C)OC(=O)CCc2c(C)nc3cc(C)nn3c2C)cc1. The Labute approximate surface area is 176 Å². The average molecular weight is 409 g/mol. The number of anilines is 1. The Morgan fingerprint density at radius 2 is 1.87 bits per heavy atom. The van der Waals surface area contributed by atoms with Crippen LogP contribution in [0.25, 0.3) is 5.65 Å². The van der Waals surface area contributed by atoms with Crippen LogP contribution in [0.2, 0.25) is 0 Å². The monoisotopic (exact) mass is 408 g/mol. The van der Waals surface area contributed by atoms with Gasteiger partial charge < -0.3 is 10.1 Å². The Morgan fingerprint density at radius 3 is 2.53 bits per heavy atom. The summed E-state index contributed by atoms with van der Waals surface area (Å²) in [7, 11) is 0. The van der Waals surface area contributed by atoms with E-state index >= 15 is 0 Å². The summed E-state index contributed by atoms with van der Waals surface area (Å²) in [6.07, 6.45) is 0.701. The van der Waals surface area contributed by atoms with Gasteiger partial charge in [-0.1, -0.05) is 19.1 Å². The Kier molecular flexibility index (Phi) is 6.50. The molecule has 7 nitrogen and oxygen atoms in total. The van der Waals surface area contributed by atoms with Gasteiger partial charge in [-0.2, -0.15) is 5.10 Å². The van der Waals surface area contributed by atoms with Gasteiger partial charge in [0.05, 0.1) is 5.69 Å². The van der Waals surface area contributed by atoms with E-state index in [0.29, 0.717) is 12.1 Å². The molecule has 1 aromatic carbocycles. The van der Waals surface area contributed by atoms with Gasteiger partial charge in [0.1, 0.15) is 0 Å². The molecule has 0 saturated carbocycles. The highest BCUT2D eigenvalue weighted by Gasteiger charge is 2.19. The van der Waals surface area contributed by atoms with Crippen LogP contribution in [0, 0.1) is 20.8 Å². The van der Waals surface area contributed by atoms with Crippen molar-refractivity contribution >= 4 is 23.2 Å². The second-order valence-electron chi connectivity index (χ2n) is 7.49. The quantitative estimate of drug-likeness (QED) is 0.602. The largest absolute Gasteiger partial charge is 0.453 e. The van der Waals surface area contributed by atoms with Crippen LogP contribution in [0.1, 0.15) is 48.5 Å². The van der Waals surface area contributed by atoms with Crippen molar-refractivity contribution in [3.8, 4) is 0 Å². The number of benzene rings is 1. The minimum Gasteiger partial charge on any atom is -0.453 e. The number of aromatic nitrogens is 3. The number of hydrogen-bond acceptors (Lipinski definition) is 5. The molecule has 2 heterocycles. The van der Waals surface area contributed by atoms with Crippen LogP contribution in [0.4, 0.5) is 5.69 Å². The molecule has 30 heavy (non-hydrogen) atoms. The smallest absolute Gasteiger partial charge is 0.306 e. The normalized spacial score (nSPS) is 12.0. The first-order valence-corrected chi connectivity index (χ1v) is 10.2. The molecule has 3 aromatic rings. The van der Waals surface area contributed by atoms with E-state index in [-0.39, 0.29) is 12.3 Å². The van der Waals surface area contributed by atoms with Gasteiger partial charge >= 0.3 is 5.97 Å². The molecule has 7 heteroatoms. The van der Waals surface area contributed by atoms with Crippen molar-refractivity contribution in [2.24, 2.45) is 0 Å². The zero-order valence-corrected chi connectivity index (χ0v) is 18.2. The third-order valence-corrected chi connectivity index (χ3v) is 5.17. The molecule has 1 atom stereocenters. The number of nitrogens with one attached hydrogen (secondary N) is 1. The molecule has 2 aromatic heterocycles. The van der Waals surface area contributed by atoms with Gasteiger partial charge in [0.2, 0.25) is 0 Å². The topological polar surface area (TPSA) is 85.6 Å². The van der Waals surface area contributed by atoms with Crippen molar-refractivity contribution in [1.29, 1.82) is 0 Å². The highest BCUT2D eigenvalue weighted by Crippen LogP contribution is 2.17. The van der Waals surface area contributed by atoms with E-state index in [4.69, 9.17) is 4.74 Å². The number of hydrogen-bond donors (Lipinski definition) is 1. The van der Waals surface area contributed by atoms with Crippen LogP contribution in [0.15, 0.2) is 30.3 Å². The Balaban J connectivity index is 1.57. The van der Waals surface area contributed by atoms with Crippen molar-refractivity contribution in [3.63, 3.8) is 0 Å². The van der Waals surface area contributed by atoms with Crippen LogP contribution in [-0.2, 0) is 27.2 Å². The fraction of sp³-hybridized carbons (Fsp3) is 0.391. The second-order valence-corrected chi connectivity index (χ2v) is 7.49. The third-order valence-electron chi connectivity index (χ3n) is 5.17. The molecule has 0 spiro atoms. The Morgan fingerprint density at radius 1 is 1.17 bits per heavy atom. The van der Waals surface area contributed by atoms with Crippen LogP contribution in [0.3, 0.4) is 0 Å². The molecule has 0 aliphatic rings. The molecule has 0 aliphatic carbocycles. The fourth-order valence-corrected chi connectivity index (χ4v) is 3.41. The highest BCUT2D eigenvalue weighted by molar-refractivity contribution is 5.95. The number of rotatable bonds is 7. The molecule has 0 aliphatic heterocycles. The number of ether oxygens (including phenoxy) is 1. The second kappa shape index (κ2) is 9.07. The predicted octanol–water partition coefficient (Wildman–Crippen LogP) is 3.72. The number of esters is 1. The molecule has 0 saturated heterocycles. The lowest BCUT2D eigenvalue weighted by molar-refractivity contribution is -0.153. The van der Waals surface area contributed by atoms with Crippen molar-refractivity contribution in [1.82, 2.24) is 14.6 Å². The molecular formula is C23H28N4O3. The van der Waals surface area contributed by atoms with Gasteiger partial charge in [0, 0.05) is 29.6 Å². The summed E-state index contributed by atoms with van der Waals surface area (Å²) in [5.74, 6) is -0.774. The maximum atomic E-state index is 12.3. The lowest BCUT2D eigenvalue weighted by Gasteiger charge is -2.15. The zero-order valence-electron chi connectivity index (χ0n) is 18.2. The zero-order chi connectivity index (χ0) is 21.8. The summed E-state index contributed by atoms with van der Waals surface area (Å²) in [4.78, 5) is 29.2. The number of aryl methyl sites for hydroxylation is 4. The summed E-state index contributed by atoms with van der Waals surface area (Å²) in [5.41, 5.74) is 6.36. The number of amides is 1. The number of carbonyl (C=O) groups excluding carboxylic acids is 2. The lowest BCUT2D eigenvalue weighted by atomic mass is 10.1. The number of nitrogens with zero attached hydrogens (tertiary/aromatic N) is 3. The molecule has 3 rings (SSSR count). The molecule has 0 fully saturated rings. The van der Waals surface area contributed by atoms with Crippen molar-refractivity contribution in [2.75, 3.05) is 5.32 Å². The summed E-state index contributed by atoms with van der Waals surface area (Å²) in [5, 5.41) is 7.22. The molecule has 0 unspecified atom stereocenters. The summed E-state index contributed by atoms with van der Waals surface area (Å²) >= 11 is 0. The van der Waals surface area contributed by atoms with E-state index in [2.05, 4.69) is 22.3 Å². The third kappa shape index (κ3) is 4.84. The molecule has 1 N–H and O–H groups in total. The van der Waals surface area contributed by atoms with Crippen molar-refractivity contribution in [3.05, 3.63) is 58.5 Å². The number of fused-ring (bicyclic) bond motifs is 1. The van der Waals surface area contributed by atoms with Gasteiger partial charge in [0.25, 0.3) is 5.91 Å². The standard InChI is InChI=1S/C23H28N4O3/c1-6-18-7-9-19(10-8-18)25-23(29)17(5)30-22(28)12-11-20-15(3)24-21-13-14(2)26-27(21)16(20)4/h7-10,13,17H,6,11-12H2,1-5H3,(H,25,29)/t17-/m1/s1. The maximum Gasteiger partial charge on any atom is 0.306 e. The minimum atomic E-state index is -0.875. The van der Waals surface area contributed by atoms with Crippen molar-refractivity contribution < 1.29 is 14.3 Å². The van der Waals surface area contributed by atoms with E-state index in [1.54, 1.807) is 11.4 Å². The number of carbonyl (C=O) groups is 2.